The molecule has 16 heavy (non-hydrogen) atoms. The molecule has 0 aromatic heterocycles. The molecule has 0 spiro atoms. The maximum absolute atomic E-state index is 12.8. The van der Waals surface area contributed by atoms with Crippen LogP contribution in [0.1, 0.15) is 18.4 Å². The molecule has 0 heterocycles. The maximum atomic E-state index is 12.8. The molecule has 0 atom stereocenters. The molecule has 3 nitrogen and oxygen atoms in total. The van der Waals surface area contributed by atoms with E-state index in [0.717, 1.165) is 0 Å². The van der Waals surface area contributed by atoms with Crippen molar-refractivity contribution in [2.75, 3.05) is 12.3 Å². The fraction of sp³-hybridized carbons (Fsp3) is 0.455. The highest BCUT2D eigenvalue weighted by Gasteiger charge is 2.11. The summed E-state index contributed by atoms with van der Waals surface area (Å²) in [6.45, 7) is 0.496. The van der Waals surface area contributed by atoms with Gasteiger partial charge in [-0.15, -0.1) is 0 Å². The summed E-state index contributed by atoms with van der Waals surface area (Å²) in [6.07, 6.45) is 1.26. The molecule has 0 unspecified atom stereocenters. The average molecular weight is 245 g/mol. The fourth-order valence-electron chi connectivity index (χ4n) is 1.42. The number of hydrogen-bond donors (Lipinski definition) is 1. The Balaban J connectivity index is 2.59. The van der Waals surface area contributed by atoms with Crippen LogP contribution in [0.2, 0.25) is 0 Å². The topological polar surface area (TPSA) is 60.2 Å². The van der Waals surface area contributed by atoms with E-state index in [2.05, 4.69) is 0 Å². The van der Waals surface area contributed by atoms with E-state index < -0.39 is 15.7 Å². The molecule has 5 heteroatoms. The molecule has 0 aliphatic heterocycles. The van der Waals surface area contributed by atoms with Crippen LogP contribution in [0.15, 0.2) is 24.3 Å². The first-order chi connectivity index (χ1) is 7.53. The van der Waals surface area contributed by atoms with Crippen LogP contribution in [0, 0.1) is 5.82 Å². The molecule has 0 aliphatic rings. The summed E-state index contributed by atoms with van der Waals surface area (Å²) in [5.41, 5.74) is 5.78. The van der Waals surface area contributed by atoms with Crippen LogP contribution in [0.3, 0.4) is 0 Å². The van der Waals surface area contributed by atoms with Crippen LogP contribution in [-0.4, -0.2) is 20.7 Å². The monoisotopic (exact) mass is 245 g/mol. The molecule has 0 aliphatic carbocycles. The third-order valence-electron chi connectivity index (χ3n) is 2.19. The molecule has 0 fully saturated rings. The predicted octanol–water partition coefficient (Wildman–Crippen LogP) is 1.48. The molecule has 0 saturated carbocycles. The summed E-state index contributed by atoms with van der Waals surface area (Å²) in [4.78, 5) is 0. The summed E-state index contributed by atoms with van der Waals surface area (Å²) >= 11 is 0. The van der Waals surface area contributed by atoms with Crippen molar-refractivity contribution in [3.8, 4) is 0 Å². The van der Waals surface area contributed by atoms with Gasteiger partial charge in [0.05, 0.1) is 11.5 Å². The second-order valence-electron chi connectivity index (χ2n) is 3.72. The Kier molecular flexibility index (Phi) is 4.89. The lowest BCUT2D eigenvalue weighted by Gasteiger charge is -2.04. The van der Waals surface area contributed by atoms with Crippen molar-refractivity contribution in [3.05, 3.63) is 35.6 Å². The van der Waals surface area contributed by atoms with Crippen molar-refractivity contribution in [1.82, 2.24) is 0 Å². The highest BCUT2D eigenvalue weighted by atomic mass is 32.2. The van der Waals surface area contributed by atoms with Gasteiger partial charge in [0.25, 0.3) is 0 Å². The lowest BCUT2D eigenvalue weighted by atomic mass is 10.2. The molecular formula is C11H16FNO2S. The van der Waals surface area contributed by atoms with E-state index >= 15 is 0 Å². The maximum Gasteiger partial charge on any atom is 0.154 e. The van der Waals surface area contributed by atoms with E-state index in [1.165, 1.54) is 18.2 Å². The van der Waals surface area contributed by atoms with E-state index in [9.17, 15) is 12.8 Å². The molecule has 90 valence electrons. The predicted molar refractivity (Wildman–Crippen MR) is 62.2 cm³/mol. The van der Waals surface area contributed by atoms with Gasteiger partial charge in [-0.25, -0.2) is 12.8 Å². The smallest absolute Gasteiger partial charge is 0.154 e. The van der Waals surface area contributed by atoms with Gasteiger partial charge in [-0.05, 0) is 37.1 Å². The molecule has 0 saturated heterocycles. The quantitative estimate of drug-likeness (QED) is 0.772. The number of unbranched alkanes of at least 4 members (excludes halogenated alkanes) is 1. The van der Waals surface area contributed by atoms with E-state index in [-0.39, 0.29) is 11.5 Å². The first kappa shape index (κ1) is 13.1. The van der Waals surface area contributed by atoms with E-state index in [1.807, 2.05) is 0 Å². The molecule has 0 radical (unpaired) electrons. The largest absolute Gasteiger partial charge is 0.330 e. The lowest BCUT2D eigenvalue weighted by molar-refractivity contribution is 0.590. The van der Waals surface area contributed by atoms with E-state index in [0.29, 0.717) is 24.9 Å². The Hall–Kier alpha value is -0.940. The minimum Gasteiger partial charge on any atom is -0.330 e. The molecule has 1 aromatic rings. The zero-order valence-corrected chi connectivity index (χ0v) is 9.84. The van der Waals surface area contributed by atoms with Crippen LogP contribution in [0.25, 0.3) is 0 Å². The molecule has 1 aromatic carbocycles. The van der Waals surface area contributed by atoms with Crippen molar-refractivity contribution >= 4 is 9.84 Å². The van der Waals surface area contributed by atoms with Gasteiger partial charge in [0.15, 0.2) is 9.84 Å². The second-order valence-corrected chi connectivity index (χ2v) is 5.90. The van der Waals surface area contributed by atoms with Crippen molar-refractivity contribution in [1.29, 1.82) is 0 Å². The summed E-state index contributed by atoms with van der Waals surface area (Å²) < 4.78 is 36.1. The molecule has 2 N–H and O–H groups in total. The van der Waals surface area contributed by atoms with Crippen LogP contribution >= 0.6 is 0 Å². The van der Waals surface area contributed by atoms with Gasteiger partial charge in [-0.2, -0.15) is 0 Å². The third-order valence-corrected chi connectivity index (χ3v) is 3.87. The highest BCUT2D eigenvalue weighted by Crippen LogP contribution is 2.09. The Labute approximate surface area is 95.4 Å². The van der Waals surface area contributed by atoms with Gasteiger partial charge in [0.1, 0.15) is 5.82 Å². The number of benzene rings is 1. The Bertz CT molecular complexity index is 431. The fourth-order valence-corrected chi connectivity index (χ4v) is 2.89. The van der Waals surface area contributed by atoms with Crippen molar-refractivity contribution < 1.29 is 12.8 Å². The standard InChI is InChI=1S/C11H16FNO2S/c12-11-5-3-4-10(8-11)9-16(14,15)7-2-1-6-13/h3-5,8H,1-2,6-7,9,13H2. The van der Waals surface area contributed by atoms with Crippen molar-refractivity contribution in [2.24, 2.45) is 5.73 Å². The van der Waals surface area contributed by atoms with E-state index in [4.69, 9.17) is 5.73 Å². The Morgan fingerprint density at radius 3 is 2.62 bits per heavy atom. The normalized spacial score (nSPS) is 11.6. The average Bonchev–Trinajstić information content (AvgIpc) is 2.17. The Morgan fingerprint density at radius 1 is 1.25 bits per heavy atom. The molecule has 0 bridgehead atoms. The molecule has 0 amide bonds. The minimum absolute atomic E-state index is 0.102. The Morgan fingerprint density at radius 2 is 2.00 bits per heavy atom. The van der Waals surface area contributed by atoms with Gasteiger partial charge in [0.2, 0.25) is 0 Å². The van der Waals surface area contributed by atoms with Crippen LogP contribution in [0.4, 0.5) is 4.39 Å². The molecule has 1 rings (SSSR count). The molecular weight excluding hydrogens is 229 g/mol. The van der Waals surface area contributed by atoms with Gasteiger partial charge >= 0.3 is 0 Å². The SMILES string of the molecule is NCCCCS(=O)(=O)Cc1cccc(F)c1. The summed E-state index contributed by atoms with van der Waals surface area (Å²) in [7, 11) is -3.15. The van der Waals surface area contributed by atoms with E-state index in [1.54, 1.807) is 6.07 Å². The number of hydrogen-bond acceptors (Lipinski definition) is 3. The van der Waals surface area contributed by atoms with Gasteiger partial charge in [-0.3, -0.25) is 0 Å². The summed E-state index contributed by atoms with van der Waals surface area (Å²) in [5.74, 6) is -0.398. The minimum atomic E-state index is -3.15. The third kappa shape index (κ3) is 4.72. The van der Waals surface area contributed by atoms with Crippen LogP contribution in [0.5, 0.6) is 0 Å². The summed E-state index contributed by atoms with van der Waals surface area (Å²) in [5, 5.41) is 0. The van der Waals surface area contributed by atoms with Crippen LogP contribution < -0.4 is 5.73 Å². The zero-order valence-electron chi connectivity index (χ0n) is 9.02. The van der Waals surface area contributed by atoms with Gasteiger partial charge < -0.3 is 5.73 Å². The van der Waals surface area contributed by atoms with Gasteiger partial charge in [-0.1, -0.05) is 12.1 Å². The second kappa shape index (κ2) is 5.96. The highest BCUT2D eigenvalue weighted by molar-refractivity contribution is 7.90. The number of rotatable bonds is 6. The first-order valence-corrected chi connectivity index (χ1v) is 7.00. The van der Waals surface area contributed by atoms with Crippen molar-refractivity contribution in [2.45, 2.75) is 18.6 Å². The van der Waals surface area contributed by atoms with Gasteiger partial charge in [0, 0.05) is 0 Å². The number of sulfone groups is 1. The van der Waals surface area contributed by atoms with Crippen LogP contribution in [-0.2, 0) is 15.6 Å². The number of nitrogens with two attached hydrogens (primary N) is 1. The summed E-state index contributed by atoms with van der Waals surface area (Å²) in [6, 6.07) is 5.68. The number of halogens is 1. The zero-order chi connectivity index (χ0) is 12.0. The first-order valence-electron chi connectivity index (χ1n) is 5.18. The lowest BCUT2D eigenvalue weighted by Crippen LogP contribution is -2.11. The van der Waals surface area contributed by atoms with Crippen molar-refractivity contribution in [3.63, 3.8) is 0 Å².